The second-order valence-electron chi connectivity index (χ2n) is 3.15. The Labute approximate surface area is 79.3 Å². The van der Waals surface area contributed by atoms with Gasteiger partial charge in [-0.15, -0.1) is 0 Å². The van der Waals surface area contributed by atoms with Crippen LogP contribution in [-0.4, -0.2) is 55.6 Å². The molecule has 1 fully saturated rings. The van der Waals surface area contributed by atoms with Gasteiger partial charge in [-0.2, -0.15) is 15.4 Å². The van der Waals surface area contributed by atoms with Crippen LogP contribution in [0.1, 0.15) is 11.8 Å². The maximum absolute atomic E-state index is 9.56. The Morgan fingerprint density at radius 3 is 2.71 bits per heavy atom. The highest BCUT2D eigenvalue weighted by molar-refractivity contribution is 5.05. The van der Waals surface area contributed by atoms with E-state index in [1.54, 1.807) is 0 Å². The summed E-state index contributed by atoms with van der Waals surface area (Å²) in [5, 5.41) is 37.5. The van der Waals surface area contributed by atoms with Crippen LogP contribution in [0.5, 0.6) is 0 Å². The summed E-state index contributed by atoms with van der Waals surface area (Å²) in [6.07, 6.45) is -2.29. The second kappa shape index (κ2) is 3.62. The Morgan fingerprint density at radius 2 is 2.21 bits per heavy atom. The van der Waals surface area contributed by atoms with Crippen molar-refractivity contribution >= 4 is 0 Å². The highest BCUT2D eigenvalue weighted by Gasteiger charge is 2.44. The van der Waals surface area contributed by atoms with E-state index < -0.39 is 24.4 Å². The van der Waals surface area contributed by atoms with E-state index in [1.807, 2.05) is 0 Å². The molecule has 14 heavy (non-hydrogen) atoms. The zero-order valence-corrected chi connectivity index (χ0v) is 7.24. The van der Waals surface area contributed by atoms with Crippen molar-refractivity contribution in [2.75, 3.05) is 6.61 Å². The average molecular weight is 201 g/mol. The average Bonchev–Trinajstić information content (AvgIpc) is 2.78. The first-order valence-corrected chi connectivity index (χ1v) is 4.22. The van der Waals surface area contributed by atoms with Crippen molar-refractivity contribution in [1.82, 2.24) is 15.4 Å². The van der Waals surface area contributed by atoms with E-state index in [-0.39, 0.29) is 6.61 Å². The molecule has 0 aromatic carbocycles. The number of hydrogen-bond acceptors (Lipinski definition) is 6. The standard InChI is InChI=1S/C7H11N3O4/c11-2-4-5(12)6(13)7(14-4)3-1-8-10-9-3/h1,4-7,11-13H,2H2,(H,8,9,10)/t4-,5-,6+,7?/m0/s1. The molecule has 1 aliphatic heterocycles. The molecule has 0 bridgehead atoms. The number of hydrogen-bond donors (Lipinski definition) is 4. The van der Waals surface area contributed by atoms with Gasteiger partial charge in [-0.25, -0.2) is 0 Å². The predicted octanol–water partition coefficient (Wildman–Crippen LogP) is -2.04. The molecule has 78 valence electrons. The Hall–Kier alpha value is -1.02. The number of aliphatic hydroxyl groups excluding tert-OH is 3. The lowest BCUT2D eigenvalue weighted by atomic mass is 10.1. The molecular weight excluding hydrogens is 190 g/mol. The zero-order valence-electron chi connectivity index (χ0n) is 7.24. The fourth-order valence-corrected chi connectivity index (χ4v) is 1.49. The van der Waals surface area contributed by atoms with E-state index in [2.05, 4.69) is 15.4 Å². The maximum atomic E-state index is 9.56. The Balaban J connectivity index is 2.16. The smallest absolute Gasteiger partial charge is 0.132 e. The molecule has 0 radical (unpaired) electrons. The van der Waals surface area contributed by atoms with Crippen LogP contribution in [0, 0.1) is 0 Å². The molecule has 4 N–H and O–H groups in total. The topological polar surface area (TPSA) is 111 Å². The van der Waals surface area contributed by atoms with E-state index in [9.17, 15) is 10.2 Å². The minimum Gasteiger partial charge on any atom is -0.394 e. The first-order chi connectivity index (χ1) is 6.74. The fraction of sp³-hybridized carbons (Fsp3) is 0.714. The van der Waals surface area contributed by atoms with E-state index in [0.717, 1.165) is 0 Å². The molecule has 0 spiro atoms. The SMILES string of the molecule is OC[C@@H]1OC(c2cn[nH]n2)[C@H](O)[C@H]1O. The predicted molar refractivity (Wildman–Crippen MR) is 43.1 cm³/mol. The molecule has 4 atom stereocenters. The molecule has 1 unspecified atom stereocenters. The van der Waals surface area contributed by atoms with Gasteiger partial charge in [0.05, 0.1) is 12.8 Å². The fourth-order valence-electron chi connectivity index (χ4n) is 1.49. The van der Waals surface area contributed by atoms with Crippen LogP contribution < -0.4 is 0 Å². The minimum atomic E-state index is -1.10. The van der Waals surface area contributed by atoms with Gasteiger partial charge in [0.1, 0.15) is 30.1 Å². The van der Waals surface area contributed by atoms with Gasteiger partial charge in [0.15, 0.2) is 0 Å². The van der Waals surface area contributed by atoms with Crippen LogP contribution in [0.15, 0.2) is 6.20 Å². The summed E-state index contributed by atoms with van der Waals surface area (Å²) < 4.78 is 5.21. The quantitative estimate of drug-likeness (QED) is 0.438. The number of nitrogens with zero attached hydrogens (tertiary/aromatic N) is 2. The summed E-state index contributed by atoms with van der Waals surface area (Å²) in [7, 11) is 0. The largest absolute Gasteiger partial charge is 0.394 e. The maximum Gasteiger partial charge on any atom is 0.132 e. The molecule has 1 aliphatic rings. The third kappa shape index (κ3) is 1.40. The minimum absolute atomic E-state index is 0.341. The summed E-state index contributed by atoms with van der Waals surface area (Å²) in [6.45, 7) is -0.341. The van der Waals surface area contributed by atoms with Crippen molar-refractivity contribution in [1.29, 1.82) is 0 Å². The van der Waals surface area contributed by atoms with E-state index >= 15 is 0 Å². The van der Waals surface area contributed by atoms with Crippen LogP contribution in [0.4, 0.5) is 0 Å². The van der Waals surface area contributed by atoms with Gasteiger partial charge in [0, 0.05) is 0 Å². The molecule has 1 saturated heterocycles. The molecule has 0 aliphatic carbocycles. The molecule has 7 nitrogen and oxygen atoms in total. The zero-order chi connectivity index (χ0) is 10.1. The first kappa shape index (κ1) is 9.53. The lowest BCUT2D eigenvalue weighted by Gasteiger charge is -2.10. The normalized spacial score (nSPS) is 37.6. The molecular formula is C7H11N3O4. The first-order valence-electron chi connectivity index (χ1n) is 4.22. The lowest BCUT2D eigenvalue weighted by Crippen LogP contribution is -2.32. The molecule has 1 aromatic rings. The van der Waals surface area contributed by atoms with Gasteiger partial charge >= 0.3 is 0 Å². The van der Waals surface area contributed by atoms with E-state index in [4.69, 9.17) is 9.84 Å². The number of ether oxygens (including phenoxy) is 1. The van der Waals surface area contributed by atoms with Gasteiger partial charge in [-0.3, -0.25) is 0 Å². The van der Waals surface area contributed by atoms with Crippen molar-refractivity contribution in [2.24, 2.45) is 0 Å². The van der Waals surface area contributed by atoms with Crippen molar-refractivity contribution in [3.63, 3.8) is 0 Å². The van der Waals surface area contributed by atoms with Crippen LogP contribution in [0.25, 0.3) is 0 Å². The third-order valence-electron chi connectivity index (χ3n) is 2.27. The van der Waals surface area contributed by atoms with Crippen LogP contribution in [0.2, 0.25) is 0 Å². The number of aromatic amines is 1. The van der Waals surface area contributed by atoms with Crippen LogP contribution in [-0.2, 0) is 4.74 Å². The summed E-state index contributed by atoms with van der Waals surface area (Å²) in [6, 6.07) is 0. The summed E-state index contributed by atoms with van der Waals surface area (Å²) >= 11 is 0. The number of nitrogens with one attached hydrogen (secondary N) is 1. The number of aliphatic hydroxyl groups is 3. The molecule has 1 aromatic heterocycles. The Kier molecular flexibility index (Phi) is 2.46. The van der Waals surface area contributed by atoms with Crippen molar-refractivity contribution in [3.8, 4) is 0 Å². The van der Waals surface area contributed by atoms with Gasteiger partial charge in [0.25, 0.3) is 0 Å². The van der Waals surface area contributed by atoms with Gasteiger partial charge < -0.3 is 20.1 Å². The number of aromatic nitrogens is 3. The van der Waals surface area contributed by atoms with Crippen molar-refractivity contribution in [2.45, 2.75) is 24.4 Å². The molecule has 2 rings (SSSR count). The number of H-pyrrole nitrogens is 1. The Bertz CT molecular complexity index is 291. The molecule has 7 heteroatoms. The molecule has 2 heterocycles. The highest BCUT2D eigenvalue weighted by Crippen LogP contribution is 2.31. The van der Waals surface area contributed by atoms with Gasteiger partial charge in [0.2, 0.25) is 0 Å². The summed E-state index contributed by atoms with van der Waals surface area (Å²) in [5.41, 5.74) is 0.410. The monoisotopic (exact) mass is 201 g/mol. The Morgan fingerprint density at radius 1 is 1.43 bits per heavy atom. The summed E-state index contributed by atoms with van der Waals surface area (Å²) in [5.74, 6) is 0. The summed E-state index contributed by atoms with van der Waals surface area (Å²) in [4.78, 5) is 0. The van der Waals surface area contributed by atoms with Crippen molar-refractivity contribution in [3.05, 3.63) is 11.9 Å². The molecule has 0 amide bonds. The van der Waals surface area contributed by atoms with Gasteiger partial charge in [-0.1, -0.05) is 0 Å². The van der Waals surface area contributed by atoms with Crippen molar-refractivity contribution < 1.29 is 20.1 Å². The van der Waals surface area contributed by atoms with Gasteiger partial charge in [-0.05, 0) is 0 Å². The highest BCUT2D eigenvalue weighted by atomic mass is 16.6. The van der Waals surface area contributed by atoms with E-state index in [0.29, 0.717) is 5.69 Å². The second-order valence-corrected chi connectivity index (χ2v) is 3.15. The molecule has 0 saturated carbocycles. The van der Waals surface area contributed by atoms with E-state index in [1.165, 1.54) is 6.20 Å². The van der Waals surface area contributed by atoms with Crippen LogP contribution >= 0.6 is 0 Å². The third-order valence-corrected chi connectivity index (χ3v) is 2.27. The number of rotatable bonds is 2. The lowest BCUT2D eigenvalue weighted by molar-refractivity contribution is -0.0239. The van der Waals surface area contributed by atoms with Crippen LogP contribution in [0.3, 0.4) is 0 Å².